The molecule has 0 saturated carbocycles. The van der Waals surface area contributed by atoms with Crippen molar-refractivity contribution in [2.24, 2.45) is 0 Å². The molecule has 2 nitrogen and oxygen atoms in total. The van der Waals surface area contributed by atoms with Crippen molar-refractivity contribution in [1.82, 2.24) is 0 Å². The van der Waals surface area contributed by atoms with E-state index in [0.29, 0.717) is 0 Å². The summed E-state index contributed by atoms with van der Waals surface area (Å²) in [5.41, 5.74) is 0. The molecule has 0 aromatic rings. The van der Waals surface area contributed by atoms with Crippen LogP contribution in [0.4, 0.5) is 0 Å². The molecule has 0 unspecified atom stereocenters. The molecule has 0 N–H and O–H groups in total. The first-order chi connectivity index (χ1) is 8.64. The molecule has 0 heterocycles. The van der Waals surface area contributed by atoms with E-state index in [-0.39, 0.29) is 5.97 Å². The van der Waals surface area contributed by atoms with Gasteiger partial charge in [0.2, 0.25) is 0 Å². The summed E-state index contributed by atoms with van der Waals surface area (Å²) in [5, 5.41) is 0. The van der Waals surface area contributed by atoms with Gasteiger partial charge in [-0.2, -0.15) is 0 Å². The maximum Gasteiger partial charge on any atom is 0.296 e. The summed E-state index contributed by atoms with van der Waals surface area (Å²) in [6, 6.07) is 3.47. The first kappa shape index (κ1) is 17.7. The number of unbranched alkanes of at least 4 members (excludes halogenated alkanes) is 3. The number of hydrogen-bond donors (Lipinski definition) is 0. The Labute approximate surface area is 115 Å². The van der Waals surface area contributed by atoms with Gasteiger partial charge in [-0.15, -0.1) is 0 Å². The van der Waals surface area contributed by atoms with Gasteiger partial charge in [0.25, 0.3) is 14.3 Å². The SMILES string of the molecule is C[CH]C(=O)O[Si](CCCC)(CCCC)CCCC. The Balaban J connectivity index is 4.66. The lowest BCUT2D eigenvalue weighted by molar-refractivity contribution is -0.131. The molecule has 1 radical (unpaired) electrons. The molecule has 0 fully saturated rings. The zero-order chi connectivity index (χ0) is 13.9. The van der Waals surface area contributed by atoms with Gasteiger partial charge in [0, 0.05) is 0 Å². The van der Waals surface area contributed by atoms with Gasteiger partial charge >= 0.3 is 0 Å². The van der Waals surface area contributed by atoms with Crippen LogP contribution in [0.5, 0.6) is 0 Å². The van der Waals surface area contributed by atoms with Crippen LogP contribution in [0.1, 0.15) is 66.2 Å². The molecule has 0 aromatic heterocycles. The molecular formula is C15H31O2Si. The van der Waals surface area contributed by atoms with Gasteiger partial charge in [-0.25, -0.2) is 0 Å². The molecule has 0 aromatic carbocycles. The highest BCUT2D eigenvalue weighted by Gasteiger charge is 2.36. The Morgan fingerprint density at radius 3 is 1.61 bits per heavy atom. The smallest absolute Gasteiger partial charge is 0.296 e. The summed E-state index contributed by atoms with van der Waals surface area (Å²) in [4.78, 5) is 11.7. The molecule has 3 heteroatoms. The average Bonchev–Trinajstić information content (AvgIpc) is 2.40. The van der Waals surface area contributed by atoms with Gasteiger partial charge in [0.1, 0.15) is 0 Å². The van der Waals surface area contributed by atoms with E-state index in [1.807, 2.05) is 0 Å². The van der Waals surface area contributed by atoms with Crippen LogP contribution in [0.3, 0.4) is 0 Å². The first-order valence-corrected chi connectivity index (χ1v) is 10.2. The van der Waals surface area contributed by atoms with Crippen LogP contribution in [0.2, 0.25) is 18.1 Å². The molecule has 0 spiro atoms. The van der Waals surface area contributed by atoms with E-state index < -0.39 is 8.32 Å². The fraction of sp³-hybridized carbons (Fsp3) is 0.867. The molecule has 0 rings (SSSR count). The van der Waals surface area contributed by atoms with Crippen LogP contribution in [0, 0.1) is 6.42 Å². The summed E-state index contributed by atoms with van der Waals surface area (Å²) in [5.74, 6) is -0.0926. The number of carbonyl (C=O) groups excluding carboxylic acids is 1. The third kappa shape index (κ3) is 7.19. The van der Waals surface area contributed by atoms with Crippen LogP contribution in [-0.4, -0.2) is 14.3 Å². The zero-order valence-electron chi connectivity index (χ0n) is 12.8. The standard InChI is InChI=1S/C15H31O2Si/c1-5-9-12-18(13-10-6-2,14-11-7-3)17-15(16)8-4/h8H,5-7,9-14H2,1-4H3. The van der Waals surface area contributed by atoms with E-state index in [4.69, 9.17) is 4.43 Å². The van der Waals surface area contributed by atoms with Crippen LogP contribution < -0.4 is 0 Å². The predicted octanol–water partition coefficient (Wildman–Crippen LogP) is 5.10. The van der Waals surface area contributed by atoms with Crippen molar-refractivity contribution in [3.8, 4) is 0 Å². The summed E-state index contributed by atoms with van der Waals surface area (Å²) >= 11 is 0. The highest BCUT2D eigenvalue weighted by Crippen LogP contribution is 2.29. The van der Waals surface area contributed by atoms with E-state index in [2.05, 4.69) is 20.8 Å². The van der Waals surface area contributed by atoms with Gasteiger partial charge in [0.05, 0.1) is 6.42 Å². The van der Waals surface area contributed by atoms with Crippen LogP contribution in [-0.2, 0) is 9.22 Å². The lowest BCUT2D eigenvalue weighted by Crippen LogP contribution is -2.40. The quantitative estimate of drug-likeness (QED) is 0.489. The van der Waals surface area contributed by atoms with E-state index in [1.165, 1.54) is 38.5 Å². The summed E-state index contributed by atoms with van der Waals surface area (Å²) in [6.07, 6.45) is 8.77. The maximum absolute atomic E-state index is 11.7. The Hall–Kier alpha value is -0.313. The zero-order valence-corrected chi connectivity index (χ0v) is 13.8. The van der Waals surface area contributed by atoms with E-state index >= 15 is 0 Å². The van der Waals surface area contributed by atoms with Gasteiger partial charge in [0.15, 0.2) is 0 Å². The normalized spacial score (nSPS) is 11.6. The van der Waals surface area contributed by atoms with Crippen molar-refractivity contribution >= 4 is 14.3 Å². The van der Waals surface area contributed by atoms with Gasteiger partial charge < -0.3 is 4.43 Å². The second-order valence-corrected chi connectivity index (χ2v) is 9.27. The highest BCUT2D eigenvalue weighted by molar-refractivity contribution is 6.75. The lowest BCUT2D eigenvalue weighted by Gasteiger charge is -2.31. The van der Waals surface area contributed by atoms with Crippen molar-refractivity contribution in [1.29, 1.82) is 0 Å². The van der Waals surface area contributed by atoms with Gasteiger partial charge in [-0.3, -0.25) is 4.79 Å². The molecule has 107 valence electrons. The molecule has 0 amide bonds. The van der Waals surface area contributed by atoms with E-state index in [9.17, 15) is 4.79 Å². The second-order valence-electron chi connectivity index (χ2n) is 5.20. The topological polar surface area (TPSA) is 26.3 Å². The molecule has 18 heavy (non-hydrogen) atoms. The summed E-state index contributed by atoms with van der Waals surface area (Å²) in [7, 11) is -1.82. The van der Waals surface area contributed by atoms with Crippen molar-refractivity contribution in [2.45, 2.75) is 84.4 Å². The monoisotopic (exact) mass is 271 g/mol. The fourth-order valence-electron chi connectivity index (χ4n) is 2.30. The summed E-state index contributed by atoms with van der Waals surface area (Å²) < 4.78 is 5.94. The number of carbonyl (C=O) groups is 1. The molecule has 0 atom stereocenters. The van der Waals surface area contributed by atoms with Crippen molar-refractivity contribution in [2.75, 3.05) is 0 Å². The van der Waals surface area contributed by atoms with Crippen LogP contribution in [0.25, 0.3) is 0 Å². The average molecular weight is 271 g/mol. The Morgan fingerprint density at radius 1 is 0.944 bits per heavy atom. The molecule has 0 aliphatic carbocycles. The Bertz CT molecular complexity index is 195. The molecule has 0 bridgehead atoms. The summed E-state index contributed by atoms with van der Waals surface area (Å²) in [6.45, 7) is 8.42. The molecule has 0 aliphatic heterocycles. The molecular weight excluding hydrogens is 240 g/mol. The minimum atomic E-state index is -1.82. The predicted molar refractivity (Wildman–Crippen MR) is 81.0 cm³/mol. The maximum atomic E-state index is 11.7. The van der Waals surface area contributed by atoms with Gasteiger partial charge in [-0.05, 0) is 18.1 Å². The lowest BCUT2D eigenvalue weighted by atomic mass is 10.4. The number of hydrogen-bond acceptors (Lipinski definition) is 2. The van der Waals surface area contributed by atoms with Crippen molar-refractivity contribution in [3.05, 3.63) is 6.42 Å². The minimum absolute atomic E-state index is 0.0926. The molecule has 0 aliphatic rings. The second kappa shape index (κ2) is 10.6. The third-order valence-electron chi connectivity index (χ3n) is 3.51. The third-order valence-corrected chi connectivity index (χ3v) is 7.94. The molecule has 0 saturated heterocycles. The van der Waals surface area contributed by atoms with Gasteiger partial charge in [-0.1, -0.05) is 66.2 Å². The number of rotatable bonds is 11. The van der Waals surface area contributed by atoms with Crippen molar-refractivity contribution < 1.29 is 9.22 Å². The van der Waals surface area contributed by atoms with E-state index in [1.54, 1.807) is 13.3 Å². The van der Waals surface area contributed by atoms with Crippen LogP contribution >= 0.6 is 0 Å². The fourth-order valence-corrected chi connectivity index (χ4v) is 6.89. The van der Waals surface area contributed by atoms with E-state index in [0.717, 1.165) is 18.1 Å². The van der Waals surface area contributed by atoms with Crippen LogP contribution in [0.15, 0.2) is 0 Å². The Kier molecular flexibility index (Phi) is 10.4. The van der Waals surface area contributed by atoms with Crippen molar-refractivity contribution in [3.63, 3.8) is 0 Å². The minimum Gasteiger partial charge on any atom is -0.519 e. The first-order valence-electron chi connectivity index (χ1n) is 7.66. The largest absolute Gasteiger partial charge is 0.519 e. The highest BCUT2D eigenvalue weighted by atomic mass is 28.4. The Morgan fingerprint density at radius 2 is 1.33 bits per heavy atom.